The lowest BCUT2D eigenvalue weighted by Crippen LogP contribution is -2.08. The molecule has 1 atom stereocenters. The third kappa shape index (κ3) is 2.77. The highest BCUT2D eigenvalue weighted by Crippen LogP contribution is 2.26. The predicted octanol–water partition coefficient (Wildman–Crippen LogP) is 4.40. The Morgan fingerprint density at radius 3 is 2.61 bits per heavy atom. The summed E-state index contributed by atoms with van der Waals surface area (Å²) in [5, 5.41) is 4.21. The summed E-state index contributed by atoms with van der Waals surface area (Å²) in [7, 11) is 0. The van der Waals surface area contributed by atoms with Crippen molar-refractivity contribution in [3.63, 3.8) is 0 Å². The molecule has 0 spiro atoms. The molecule has 0 bridgehead atoms. The molecule has 94 valence electrons. The molecule has 0 fully saturated rings. The van der Waals surface area contributed by atoms with E-state index in [1.54, 1.807) is 0 Å². The highest BCUT2D eigenvalue weighted by atomic mass is 35.5. The van der Waals surface area contributed by atoms with Gasteiger partial charge in [-0.1, -0.05) is 29.8 Å². The van der Waals surface area contributed by atoms with Gasteiger partial charge in [0.25, 0.3) is 0 Å². The predicted molar refractivity (Wildman–Crippen MR) is 79.1 cm³/mol. The van der Waals surface area contributed by atoms with Gasteiger partial charge in [0, 0.05) is 22.4 Å². The first-order chi connectivity index (χ1) is 8.58. The van der Waals surface area contributed by atoms with Crippen molar-refractivity contribution in [1.82, 2.24) is 0 Å². The summed E-state index contributed by atoms with van der Waals surface area (Å²) in [6.45, 7) is 4.12. The van der Waals surface area contributed by atoms with Gasteiger partial charge in [-0.2, -0.15) is 0 Å². The van der Waals surface area contributed by atoms with Crippen molar-refractivity contribution >= 4 is 23.0 Å². The van der Waals surface area contributed by atoms with Crippen LogP contribution in [0.1, 0.15) is 24.1 Å². The van der Waals surface area contributed by atoms with Gasteiger partial charge < -0.3 is 11.1 Å². The maximum atomic E-state index is 6.00. The average molecular weight is 261 g/mol. The number of rotatable bonds is 3. The van der Waals surface area contributed by atoms with Gasteiger partial charge >= 0.3 is 0 Å². The monoisotopic (exact) mass is 260 g/mol. The van der Waals surface area contributed by atoms with Crippen molar-refractivity contribution in [2.24, 2.45) is 0 Å². The summed E-state index contributed by atoms with van der Waals surface area (Å²) >= 11 is 6.00. The number of halogens is 1. The fourth-order valence-corrected chi connectivity index (χ4v) is 2.10. The molecule has 0 aliphatic rings. The SMILES string of the molecule is Cc1c(N)cccc1NC(C)c1cccc(Cl)c1. The van der Waals surface area contributed by atoms with Crippen molar-refractivity contribution in [2.45, 2.75) is 19.9 Å². The lowest BCUT2D eigenvalue weighted by molar-refractivity contribution is 0.883. The summed E-state index contributed by atoms with van der Waals surface area (Å²) < 4.78 is 0. The number of nitrogens with one attached hydrogen (secondary N) is 1. The molecule has 18 heavy (non-hydrogen) atoms. The second-order valence-electron chi connectivity index (χ2n) is 4.44. The molecule has 2 nitrogen and oxygen atoms in total. The molecule has 0 aromatic heterocycles. The number of nitrogen functional groups attached to an aromatic ring is 1. The highest BCUT2D eigenvalue weighted by Gasteiger charge is 2.08. The van der Waals surface area contributed by atoms with Crippen LogP contribution >= 0.6 is 11.6 Å². The van der Waals surface area contributed by atoms with Gasteiger partial charge in [-0.3, -0.25) is 0 Å². The third-order valence-corrected chi connectivity index (χ3v) is 3.33. The minimum Gasteiger partial charge on any atom is -0.398 e. The molecular weight excluding hydrogens is 244 g/mol. The van der Waals surface area contributed by atoms with Crippen molar-refractivity contribution in [3.8, 4) is 0 Å². The average Bonchev–Trinajstić information content (AvgIpc) is 2.35. The Bertz CT molecular complexity index is 552. The van der Waals surface area contributed by atoms with Crippen LogP contribution in [0.5, 0.6) is 0 Å². The van der Waals surface area contributed by atoms with E-state index < -0.39 is 0 Å². The number of benzene rings is 2. The number of hydrogen-bond donors (Lipinski definition) is 2. The molecule has 2 aromatic rings. The summed E-state index contributed by atoms with van der Waals surface area (Å²) in [4.78, 5) is 0. The van der Waals surface area contributed by atoms with Crippen molar-refractivity contribution in [2.75, 3.05) is 11.1 Å². The minimum absolute atomic E-state index is 0.184. The van der Waals surface area contributed by atoms with E-state index in [0.717, 1.165) is 27.5 Å². The van der Waals surface area contributed by atoms with E-state index in [2.05, 4.69) is 18.3 Å². The maximum Gasteiger partial charge on any atom is 0.0486 e. The molecule has 0 saturated carbocycles. The van der Waals surface area contributed by atoms with E-state index in [0.29, 0.717) is 0 Å². The van der Waals surface area contributed by atoms with Crippen LogP contribution in [-0.4, -0.2) is 0 Å². The van der Waals surface area contributed by atoms with Crippen LogP contribution in [0.2, 0.25) is 5.02 Å². The zero-order valence-electron chi connectivity index (χ0n) is 10.6. The molecule has 2 rings (SSSR count). The smallest absolute Gasteiger partial charge is 0.0486 e. The van der Waals surface area contributed by atoms with Crippen LogP contribution in [0.25, 0.3) is 0 Å². The second-order valence-corrected chi connectivity index (χ2v) is 4.88. The molecule has 3 N–H and O–H groups in total. The summed E-state index contributed by atoms with van der Waals surface area (Å²) in [5.41, 5.74) is 9.99. The first kappa shape index (κ1) is 12.8. The highest BCUT2D eigenvalue weighted by molar-refractivity contribution is 6.30. The zero-order valence-corrected chi connectivity index (χ0v) is 11.3. The summed E-state index contributed by atoms with van der Waals surface area (Å²) in [6.07, 6.45) is 0. The zero-order chi connectivity index (χ0) is 13.1. The standard InChI is InChI=1S/C15H17ClN2/c1-10-14(17)7-4-8-15(10)18-11(2)12-5-3-6-13(16)9-12/h3-9,11,18H,17H2,1-2H3. The van der Waals surface area contributed by atoms with Crippen molar-refractivity contribution in [3.05, 3.63) is 58.6 Å². The molecule has 2 aromatic carbocycles. The largest absolute Gasteiger partial charge is 0.398 e. The fourth-order valence-electron chi connectivity index (χ4n) is 1.90. The topological polar surface area (TPSA) is 38.0 Å². The number of nitrogens with two attached hydrogens (primary N) is 1. The second kappa shape index (κ2) is 5.32. The van der Waals surface area contributed by atoms with E-state index in [1.807, 2.05) is 43.3 Å². The van der Waals surface area contributed by atoms with Gasteiger partial charge in [-0.15, -0.1) is 0 Å². The van der Waals surface area contributed by atoms with E-state index in [9.17, 15) is 0 Å². The van der Waals surface area contributed by atoms with Gasteiger partial charge in [0.2, 0.25) is 0 Å². The number of anilines is 2. The Morgan fingerprint density at radius 2 is 1.89 bits per heavy atom. The van der Waals surface area contributed by atoms with E-state index in [1.165, 1.54) is 0 Å². The van der Waals surface area contributed by atoms with Crippen LogP contribution < -0.4 is 11.1 Å². The first-order valence-corrected chi connectivity index (χ1v) is 6.33. The lowest BCUT2D eigenvalue weighted by atomic mass is 10.1. The molecule has 1 unspecified atom stereocenters. The van der Waals surface area contributed by atoms with Crippen LogP contribution in [-0.2, 0) is 0 Å². The van der Waals surface area contributed by atoms with Gasteiger partial charge in [0.05, 0.1) is 0 Å². The molecule has 0 aliphatic carbocycles. The molecular formula is C15H17ClN2. The Balaban J connectivity index is 2.21. The van der Waals surface area contributed by atoms with Crippen LogP contribution in [0.4, 0.5) is 11.4 Å². The Labute approximate surface area is 113 Å². The quantitative estimate of drug-likeness (QED) is 0.803. The Morgan fingerprint density at radius 1 is 1.17 bits per heavy atom. The van der Waals surface area contributed by atoms with Crippen LogP contribution in [0.15, 0.2) is 42.5 Å². The van der Waals surface area contributed by atoms with Crippen molar-refractivity contribution in [1.29, 1.82) is 0 Å². The van der Waals surface area contributed by atoms with Gasteiger partial charge in [0.1, 0.15) is 0 Å². The third-order valence-electron chi connectivity index (χ3n) is 3.10. The minimum atomic E-state index is 0.184. The Hall–Kier alpha value is -1.67. The summed E-state index contributed by atoms with van der Waals surface area (Å²) in [6, 6.07) is 14.0. The molecule has 0 aliphatic heterocycles. The van der Waals surface area contributed by atoms with Gasteiger partial charge in [0.15, 0.2) is 0 Å². The molecule has 0 saturated heterocycles. The van der Waals surface area contributed by atoms with Crippen molar-refractivity contribution < 1.29 is 0 Å². The van der Waals surface area contributed by atoms with Crippen LogP contribution in [0.3, 0.4) is 0 Å². The van der Waals surface area contributed by atoms with Gasteiger partial charge in [-0.25, -0.2) is 0 Å². The first-order valence-electron chi connectivity index (χ1n) is 5.95. The Kier molecular flexibility index (Phi) is 3.78. The fraction of sp³-hybridized carbons (Fsp3) is 0.200. The maximum absolute atomic E-state index is 6.00. The van der Waals surface area contributed by atoms with E-state index >= 15 is 0 Å². The lowest BCUT2D eigenvalue weighted by Gasteiger charge is -2.18. The molecule has 0 amide bonds. The molecule has 0 heterocycles. The van der Waals surface area contributed by atoms with Gasteiger partial charge in [-0.05, 0) is 49.2 Å². The number of hydrogen-bond acceptors (Lipinski definition) is 2. The van der Waals surface area contributed by atoms with Crippen LogP contribution in [0, 0.1) is 6.92 Å². The summed E-state index contributed by atoms with van der Waals surface area (Å²) in [5.74, 6) is 0. The van der Waals surface area contributed by atoms with E-state index in [-0.39, 0.29) is 6.04 Å². The molecule has 0 radical (unpaired) electrons. The normalized spacial score (nSPS) is 12.2. The van der Waals surface area contributed by atoms with E-state index in [4.69, 9.17) is 17.3 Å². The molecule has 3 heteroatoms.